The summed E-state index contributed by atoms with van der Waals surface area (Å²) >= 11 is 0. The zero-order valence-corrected chi connectivity index (χ0v) is 11.0. The largest absolute Gasteiger partial charge is 0.488 e. The second-order valence-corrected chi connectivity index (χ2v) is 4.85. The average molecular weight is 264 g/mol. The molecule has 0 bridgehead atoms. The number of benzene rings is 1. The molecule has 0 spiro atoms. The Morgan fingerprint density at radius 3 is 2.79 bits per heavy atom. The maximum Gasteiger partial charge on any atom is 0.303 e. The molecular formula is C15H20O4. The van der Waals surface area contributed by atoms with Gasteiger partial charge in [0.2, 0.25) is 0 Å². The van der Waals surface area contributed by atoms with Crippen LogP contribution < -0.4 is 4.74 Å². The Morgan fingerprint density at radius 2 is 2.16 bits per heavy atom. The van der Waals surface area contributed by atoms with Gasteiger partial charge in [0.1, 0.15) is 11.9 Å². The van der Waals surface area contributed by atoms with E-state index in [1.807, 2.05) is 24.3 Å². The second kappa shape index (κ2) is 7.14. The minimum absolute atomic E-state index is 0.159. The summed E-state index contributed by atoms with van der Waals surface area (Å²) in [6, 6.07) is 7.90. The van der Waals surface area contributed by atoms with E-state index >= 15 is 0 Å². The van der Waals surface area contributed by atoms with Crippen molar-refractivity contribution in [1.82, 2.24) is 0 Å². The van der Waals surface area contributed by atoms with Crippen LogP contribution >= 0.6 is 0 Å². The van der Waals surface area contributed by atoms with Crippen LogP contribution in [0.2, 0.25) is 0 Å². The molecule has 1 aromatic carbocycles. The lowest BCUT2D eigenvalue weighted by Gasteiger charge is -2.23. The molecule has 104 valence electrons. The first kappa shape index (κ1) is 13.9. The molecule has 1 aromatic rings. The van der Waals surface area contributed by atoms with Crippen LogP contribution in [0, 0.1) is 0 Å². The standard InChI is InChI=1S/C15H20O4/c16-15(17)5-1-3-12-6-8-13(9-7-12)19-14-4-2-10-18-11-14/h6-9,14H,1-5,10-11H2,(H,16,17). The Balaban J connectivity index is 1.78. The monoisotopic (exact) mass is 264 g/mol. The Bertz CT molecular complexity index is 393. The Hall–Kier alpha value is -1.55. The maximum atomic E-state index is 10.4. The van der Waals surface area contributed by atoms with Crippen LogP contribution in [0.4, 0.5) is 0 Å². The third kappa shape index (κ3) is 4.91. The van der Waals surface area contributed by atoms with Crippen molar-refractivity contribution < 1.29 is 19.4 Å². The summed E-state index contributed by atoms with van der Waals surface area (Å²) in [6.07, 6.45) is 3.94. The molecule has 2 rings (SSSR count). The van der Waals surface area contributed by atoms with Crippen LogP contribution in [-0.2, 0) is 16.0 Å². The van der Waals surface area contributed by atoms with E-state index < -0.39 is 5.97 Å². The maximum absolute atomic E-state index is 10.4. The fourth-order valence-corrected chi connectivity index (χ4v) is 2.18. The third-order valence-electron chi connectivity index (χ3n) is 3.20. The highest BCUT2D eigenvalue weighted by Gasteiger charge is 2.15. The average Bonchev–Trinajstić information content (AvgIpc) is 2.42. The number of carbonyl (C=O) groups is 1. The molecule has 1 N–H and O–H groups in total. The number of aliphatic carboxylic acids is 1. The lowest BCUT2D eigenvalue weighted by molar-refractivity contribution is -0.137. The summed E-state index contributed by atoms with van der Waals surface area (Å²) in [5.41, 5.74) is 1.15. The van der Waals surface area contributed by atoms with Crippen LogP contribution in [0.5, 0.6) is 5.75 Å². The van der Waals surface area contributed by atoms with Crippen molar-refractivity contribution in [3.05, 3.63) is 29.8 Å². The Morgan fingerprint density at radius 1 is 1.37 bits per heavy atom. The van der Waals surface area contributed by atoms with Crippen LogP contribution in [0.15, 0.2) is 24.3 Å². The van der Waals surface area contributed by atoms with Crippen LogP contribution in [0.1, 0.15) is 31.2 Å². The van der Waals surface area contributed by atoms with Crippen LogP contribution in [0.25, 0.3) is 0 Å². The fourth-order valence-electron chi connectivity index (χ4n) is 2.18. The zero-order valence-electron chi connectivity index (χ0n) is 11.0. The van der Waals surface area contributed by atoms with Gasteiger partial charge in [0.15, 0.2) is 0 Å². The number of carboxylic acid groups (broad SMARTS) is 1. The van der Waals surface area contributed by atoms with Gasteiger partial charge in [0.05, 0.1) is 6.61 Å². The molecule has 1 unspecified atom stereocenters. The van der Waals surface area contributed by atoms with Crippen molar-refractivity contribution in [2.75, 3.05) is 13.2 Å². The van der Waals surface area contributed by atoms with E-state index in [4.69, 9.17) is 14.6 Å². The number of ether oxygens (including phenoxy) is 2. The number of hydrogen-bond donors (Lipinski definition) is 1. The minimum Gasteiger partial charge on any atom is -0.488 e. The van der Waals surface area contributed by atoms with Gasteiger partial charge in [-0.05, 0) is 43.4 Å². The highest BCUT2D eigenvalue weighted by atomic mass is 16.5. The highest BCUT2D eigenvalue weighted by molar-refractivity contribution is 5.66. The van der Waals surface area contributed by atoms with Crippen molar-refractivity contribution in [2.24, 2.45) is 0 Å². The van der Waals surface area contributed by atoms with Gasteiger partial charge in [0.25, 0.3) is 0 Å². The van der Waals surface area contributed by atoms with E-state index in [1.165, 1.54) is 0 Å². The predicted molar refractivity (Wildman–Crippen MR) is 71.5 cm³/mol. The van der Waals surface area contributed by atoms with Crippen LogP contribution in [-0.4, -0.2) is 30.4 Å². The molecule has 0 aliphatic carbocycles. The van der Waals surface area contributed by atoms with Gasteiger partial charge in [-0.3, -0.25) is 4.79 Å². The Kier molecular flexibility index (Phi) is 5.21. The highest BCUT2D eigenvalue weighted by Crippen LogP contribution is 2.18. The van der Waals surface area contributed by atoms with Gasteiger partial charge in [-0.15, -0.1) is 0 Å². The molecule has 1 aliphatic rings. The summed E-state index contributed by atoms with van der Waals surface area (Å²) in [5.74, 6) is 0.120. The molecule has 0 saturated carbocycles. The molecule has 0 amide bonds. The van der Waals surface area contributed by atoms with Crippen molar-refractivity contribution in [3.8, 4) is 5.75 Å². The molecule has 1 fully saturated rings. The molecule has 4 nitrogen and oxygen atoms in total. The fraction of sp³-hybridized carbons (Fsp3) is 0.533. The van der Waals surface area contributed by atoms with E-state index in [9.17, 15) is 4.79 Å². The number of hydrogen-bond acceptors (Lipinski definition) is 3. The van der Waals surface area contributed by atoms with E-state index in [1.54, 1.807) is 0 Å². The third-order valence-corrected chi connectivity index (χ3v) is 3.20. The summed E-state index contributed by atoms with van der Waals surface area (Å²) < 4.78 is 11.2. The van der Waals surface area contributed by atoms with E-state index in [0.717, 1.165) is 37.2 Å². The van der Waals surface area contributed by atoms with Gasteiger partial charge >= 0.3 is 5.97 Å². The lowest BCUT2D eigenvalue weighted by Crippen LogP contribution is -2.27. The minimum atomic E-state index is -0.739. The van der Waals surface area contributed by atoms with Crippen molar-refractivity contribution in [2.45, 2.75) is 38.2 Å². The van der Waals surface area contributed by atoms with Crippen molar-refractivity contribution in [3.63, 3.8) is 0 Å². The number of aryl methyl sites for hydroxylation is 1. The smallest absolute Gasteiger partial charge is 0.303 e. The quantitative estimate of drug-likeness (QED) is 0.858. The predicted octanol–water partition coefficient (Wildman–Crippen LogP) is 2.65. The molecule has 1 heterocycles. The molecule has 1 atom stereocenters. The van der Waals surface area contributed by atoms with Crippen molar-refractivity contribution in [1.29, 1.82) is 0 Å². The summed E-state index contributed by atoms with van der Waals surface area (Å²) in [4.78, 5) is 10.4. The Labute approximate surface area is 113 Å². The molecule has 1 aliphatic heterocycles. The van der Waals surface area contributed by atoms with Crippen molar-refractivity contribution >= 4 is 5.97 Å². The molecule has 0 radical (unpaired) electrons. The number of carboxylic acids is 1. The normalized spacial score (nSPS) is 19.1. The van der Waals surface area contributed by atoms with Gasteiger partial charge in [0, 0.05) is 13.0 Å². The number of rotatable bonds is 6. The topological polar surface area (TPSA) is 55.8 Å². The first-order valence-electron chi connectivity index (χ1n) is 6.79. The summed E-state index contributed by atoms with van der Waals surface area (Å²) in [5, 5.41) is 8.59. The molecule has 4 heteroatoms. The first-order valence-corrected chi connectivity index (χ1v) is 6.79. The molecule has 1 saturated heterocycles. The van der Waals surface area contributed by atoms with Gasteiger partial charge in [-0.25, -0.2) is 0 Å². The molecular weight excluding hydrogens is 244 g/mol. The second-order valence-electron chi connectivity index (χ2n) is 4.85. The van der Waals surface area contributed by atoms with Gasteiger partial charge in [-0.2, -0.15) is 0 Å². The summed E-state index contributed by atoms with van der Waals surface area (Å²) in [7, 11) is 0. The molecule has 0 aromatic heterocycles. The molecule has 19 heavy (non-hydrogen) atoms. The van der Waals surface area contributed by atoms with Crippen LogP contribution in [0.3, 0.4) is 0 Å². The van der Waals surface area contributed by atoms with E-state index in [2.05, 4.69) is 0 Å². The zero-order chi connectivity index (χ0) is 13.5. The first-order chi connectivity index (χ1) is 9.24. The van der Waals surface area contributed by atoms with Gasteiger partial charge < -0.3 is 14.6 Å². The lowest BCUT2D eigenvalue weighted by atomic mass is 10.1. The SMILES string of the molecule is O=C(O)CCCc1ccc(OC2CCCOC2)cc1. The summed E-state index contributed by atoms with van der Waals surface area (Å²) in [6.45, 7) is 1.50. The van der Waals surface area contributed by atoms with Gasteiger partial charge in [-0.1, -0.05) is 12.1 Å². The van der Waals surface area contributed by atoms with E-state index in [-0.39, 0.29) is 12.5 Å². The van der Waals surface area contributed by atoms with E-state index in [0.29, 0.717) is 13.0 Å².